The lowest BCUT2D eigenvalue weighted by Crippen LogP contribution is -2.16. The van der Waals surface area contributed by atoms with Crippen LogP contribution in [0.3, 0.4) is 0 Å². The summed E-state index contributed by atoms with van der Waals surface area (Å²) in [5.41, 5.74) is 13.4. The van der Waals surface area contributed by atoms with Crippen LogP contribution in [0.15, 0.2) is 152 Å². The fourth-order valence-corrected chi connectivity index (χ4v) is 5.32. The van der Waals surface area contributed by atoms with Crippen molar-refractivity contribution < 1.29 is 0 Å². The predicted octanol–water partition coefficient (Wildman–Crippen LogP) is 9.66. The first-order chi connectivity index (χ1) is 21.4. The summed E-state index contributed by atoms with van der Waals surface area (Å²) in [6.07, 6.45) is 22.0. The monoisotopic (exact) mass is 574 g/mol. The molecule has 0 aliphatic carbocycles. The number of rotatable bonds is 7. The molecular formula is C40H38N4. The Morgan fingerprint density at radius 1 is 0.932 bits per heavy atom. The van der Waals surface area contributed by atoms with E-state index in [2.05, 4.69) is 103 Å². The van der Waals surface area contributed by atoms with Gasteiger partial charge in [-0.05, 0) is 102 Å². The Morgan fingerprint density at radius 2 is 1.70 bits per heavy atom. The van der Waals surface area contributed by atoms with E-state index in [0.29, 0.717) is 5.56 Å². The molecule has 0 saturated heterocycles. The van der Waals surface area contributed by atoms with Crippen LogP contribution >= 0.6 is 0 Å². The Balaban J connectivity index is 0.000000888. The van der Waals surface area contributed by atoms with Crippen molar-refractivity contribution in [3.8, 4) is 17.2 Å². The molecule has 4 heteroatoms. The standard InChI is InChI=1S/C37H33N3.C3H5N/c1-5-8-13-33-22-32-21-29(17-19-36(32)39-33)30-15-16-31-23-35(10-6-2)40(37(31)24-30)34(7-3)18-14-26(4)28-12-9-11-27(20-28)25-38;1-4-2-3-4/h5-21,24,39H,2-3,22-23H2,1,4H3;2-3H,1H3/b8-5-,26-14+,33-13+,34-18+,35-10+;. The summed E-state index contributed by atoms with van der Waals surface area (Å²) in [7, 11) is 2.00. The van der Waals surface area contributed by atoms with Gasteiger partial charge in [0, 0.05) is 55.1 Å². The van der Waals surface area contributed by atoms with Crippen molar-refractivity contribution in [2.75, 3.05) is 17.3 Å². The minimum atomic E-state index is 0.655. The molecule has 0 atom stereocenters. The first-order valence-corrected chi connectivity index (χ1v) is 14.8. The Morgan fingerprint density at radius 3 is 2.41 bits per heavy atom. The molecule has 218 valence electrons. The fraction of sp³-hybridized carbons (Fsp3) is 0.125. The zero-order valence-electron chi connectivity index (χ0n) is 25.7. The van der Waals surface area contributed by atoms with Gasteiger partial charge in [-0.1, -0.05) is 67.8 Å². The second-order valence-corrected chi connectivity index (χ2v) is 10.9. The highest BCUT2D eigenvalue weighted by molar-refractivity contribution is 5.80. The molecule has 0 amide bonds. The first kappa shape index (κ1) is 29.9. The summed E-state index contributed by atoms with van der Waals surface area (Å²) in [6, 6.07) is 23.3. The van der Waals surface area contributed by atoms with E-state index < -0.39 is 0 Å². The lowest BCUT2D eigenvalue weighted by atomic mass is 9.99. The van der Waals surface area contributed by atoms with E-state index in [1.54, 1.807) is 0 Å². The highest BCUT2D eigenvalue weighted by atomic mass is 15.2. The van der Waals surface area contributed by atoms with Crippen LogP contribution in [-0.2, 0) is 12.8 Å². The number of allylic oxidation sites excluding steroid dienone is 11. The maximum atomic E-state index is 9.29. The predicted molar refractivity (Wildman–Crippen MR) is 187 cm³/mol. The van der Waals surface area contributed by atoms with E-state index in [9.17, 15) is 5.26 Å². The van der Waals surface area contributed by atoms with Gasteiger partial charge in [0.05, 0.1) is 17.3 Å². The fourth-order valence-electron chi connectivity index (χ4n) is 5.32. The van der Waals surface area contributed by atoms with Crippen molar-refractivity contribution in [1.29, 1.82) is 5.26 Å². The molecule has 0 spiro atoms. The van der Waals surface area contributed by atoms with E-state index in [-0.39, 0.29) is 0 Å². The molecule has 0 aromatic heterocycles. The van der Waals surface area contributed by atoms with Crippen molar-refractivity contribution >= 4 is 16.9 Å². The average Bonchev–Trinajstić information content (AvgIpc) is 3.59. The van der Waals surface area contributed by atoms with Gasteiger partial charge in [-0.3, -0.25) is 0 Å². The van der Waals surface area contributed by atoms with Gasteiger partial charge in [0.2, 0.25) is 0 Å². The van der Waals surface area contributed by atoms with Gasteiger partial charge < -0.3 is 15.1 Å². The van der Waals surface area contributed by atoms with Gasteiger partial charge in [0.25, 0.3) is 0 Å². The van der Waals surface area contributed by atoms with Gasteiger partial charge >= 0.3 is 0 Å². The van der Waals surface area contributed by atoms with E-state index in [4.69, 9.17) is 0 Å². The molecule has 0 saturated carbocycles. The molecule has 3 aromatic carbocycles. The van der Waals surface area contributed by atoms with Crippen LogP contribution < -0.4 is 10.2 Å². The molecule has 3 aliphatic heterocycles. The number of hydrogen-bond acceptors (Lipinski definition) is 4. The maximum absolute atomic E-state index is 9.29. The summed E-state index contributed by atoms with van der Waals surface area (Å²) in [5.74, 6) is 0. The van der Waals surface area contributed by atoms with Crippen molar-refractivity contribution in [2.24, 2.45) is 0 Å². The highest BCUT2D eigenvalue weighted by Crippen LogP contribution is 2.41. The number of anilines is 2. The summed E-state index contributed by atoms with van der Waals surface area (Å²) in [4.78, 5) is 4.27. The van der Waals surface area contributed by atoms with Crippen LogP contribution in [0.4, 0.5) is 11.4 Å². The molecule has 44 heavy (non-hydrogen) atoms. The SMILES string of the molecule is C=C/C=C1\Cc2ccc(-c3ccc4c(c3)C/C(=C\C=C/C)N4)cc2N1/C(C=C)=C/C=C(\C)c1cccc(C#N)c1.CN1C=C1. The Kier molecular flexibility index (Phi) is 9.28. The van der Waals surface area contributed by atoms with E-state index in [0.717, 1.165) is 41.1 Å². The van der Waals surface area contributed by atoms with Crippen molar-refractivity contribution in [3.63, 3.8) is 0 Å². The normalized spacial score (nSPS) is 16.8. The first-order valence-electron chi connectivity index (χ1n) is 14.8. The second kappa shape index (κ2) is 13.6. The van der Waals surface area contributed by atoms with Crippen molar-refractivity contribution in [1.82, 2.24) is 4.90 Å². The number of nitriles is 1. The highest BCUT2D eigenvalue weighted by Gasteiger charge is 2.26. The van der Waals surface area contributed by atoms with E-state index in [1.807, 2.05) is 73.8 Å². The molecule has 3 aliphatic rings. The summed E-state index contributed by atoms with van der Waals surface area (Å²) in [6.45, 7) is 12.2. The molecule has 1 N–H and O–H groups in total. The van der Waals surface area contributed by atoms with Gasteiger partial charge in [-0.15, -0.1) is 0 Å². The number of fused-ring (bicyclic) bond motifs is 2. The van der Waals surface area contributed by atoms with Gasteiger partial charge in [0.15, 0.2) is 0 Å². The molecule has 6 rings (SSSR count). The Hall–Kier alpha value is -5.53. The minimum absolute atomic E-state index is 0.655. The quantitative estimate of drug-likeness (QED) is 0.285. The van der Waals surface area contributed by atoms with E-state index >= 15 is 0 Å². The summed E-state index contributed by atoms with van der Waals surface area (Å²) >= 11 is 0. The Bertz CT molecular complexity index is 1810. The number of hydrogen-bond donors (Lipinski definition) is 1. The smallest absolute Gasteiger partial charge is 0.0991 e. The van der Waals surface area contributed by atoms with Crippen molar-refractivity contribution in [3.05, 3.63) is 174 Å². The van der Waals surface area contributed by atoms with Crippen molar-refractivity contribution in [2.45, 2.75) is 26.7 Å². The van der Waals surface area contributed by atoms with Gasteiger partial charge in [-0.25, -0.2) is 0 Å². The van der Waals surface area contributed by atoms with Crippen LogP contribution in [0.5, 0.6) is 0 Å². The number of nitrogens with one attached hydrogen (secondary N) is 1. The van der Waals surface area contributed by atoms with E-state index in [1.165, 1.54) is 33.6 Å². The van der Waals surface area contributed by atoms with Gasteiger partial charge in [-0.2, -0.15) is 5.26 Å². The maximum Gasteiger partial charge on any atom is 0.0991 e. The second-order valence-electron chi connectivity index (χ2n) is 10.9. The third-order valence-electron chi connectivity index (χ3n) is 7.77. The molecule has 0 fully saturated rings. The van der Waals surface area contributed by atoms with Crippen LogP contribution in [0.1, 0.15) is 36.1 Å². The third kappa shape index (κ3) is 6.91. The summed E-state index contributed by atoms with van der Waals surface area (Å²) < 4.78 is 0. The van der Waals surface area contributed by atoms with Crippen LogP contribution in [0, 0.1) is 11.3 Å². The lowest BCUT2D eigenvalue weighted by Gasteiger charge is -2.23. The van der Waals surface area contributed by atoms with Crippen LogP contribution in [0.25, 0.3) is 16.7 Å². The minimum Gasteiger partial charge on any atom is -0.358 e. The zero-order chi connectivity index (χ0) is 31.1. The molecule has 3 aromatic rings. The molecule has 0 unspecified atom stereocenters. The number of benzene rings is 3. The molecule has 3 heterocycles. The topological polar surface area (TPSA) is 42.1 Å². The molecule has 0 radical (unpaired) electrons. The lowest BCUT2D eigenvalue weighted by molar-refractivity contribution is 0.760. The summed E-state index contributed by atoms with van der Waals surface area (Å²) in [5, 5.41) is 12.8. The number of nitrogens with zero attached hydrogens (tertiary/aromatic N) is 3. The molecular weight excluding hydrogens is 536 g/mol. The third-order valence-corrected chi connectivity index (χ3v) is 7.77. The van der Waals surface area contributed by atoms with Crippen LogP contribution in [0.2, 0.25) is 0 Å². The zero-order valence-corrected chi connectivity index (χ0v) is 25.7. The molecule has 0 bridgehead atoms. The van der Waals surface area contributed by atoms with Gasteiger partial charge in [0.1, 0.15) is 0 Å². The molecule has 4 nitrogen and oxygen atoms in total. The Labute approximate surface area is 262 Å². The van der Waals surface area contributed by atoms with Crippen LogP contribution in [-0.4, -0.2) is 11.9 Å². The average molecular weight is 575 g/mol. The largest absolute Gasteiger partial charge is 0.358 e.